The van der Waals surface area contributed by atoms with Gasteiger partial charge in [0.05, 0.1) is 15.7 Å². The molecule has 0 bridgehead atoms. The Balaban J connectivity index is 1.42. The van der Waals surface area contributed by atoms with Crippen LogP contribution in [0.2, 0.25) is 11.6 Å². The fraction of sp³-hybridized carbons (Fsp3) is 0.500. The zero-order valence-electron chi connectivity index (χ0n) is 15.7. The van der Waals surface area contributed by atoms with Crippen molar-refractivity contribution in [1.29, 1.82) is 0 Å². The lowest BCUT2D eigenvalue weighted by atomic mass is 9.70. The highest BCUT2D eigenvalue weighted by Gasteiger charge is 2.20. The van der Waals surface area contributed by atoms with E-state index < -0.39 is 0 Å². The number of rotatable bonds is 3. The fourth-order valence-electron chi connectivity index (χ4n) is 4.80. The minimum absolute atomic E-state index is 0.420. The molecule has 0 nitrogen and oxygen atoms in total. The second-order valence-corrected chi connectivity index (χ2v) is 8.47. The third-order valence-electron chi connectivity index (χ3n) is 6.64. The fourth-order valence-corrected chi connectivity index (χ4v) is 4.80. The number of hydrogen-bond acceptors (Lipinski definition) is 0. The molecule has 0 amide bonds. The topological polar surface area (TPSA) is 0 Å². The Morgan fingerprint density at radius 3 is 1.08 bits per heavy atom. The van der Waals surface area contributed by atoms with Gasteiger partial charge >= 0.3 is 0 Å². The lowest BCUT2D eigenvalue weighted by molar-refractivity contribution is 0.444. The minimum Gasteiger partial charge on any atom is -0.0773 e. The lowest BCUT2D eigenvalue weighted by Gasteiger charge is -2.27. The summed E-state index contributed by atoms with van der Waals surface area (Å²) in [6, 6.07) is 18.5. The van der Waals surface area contributed by atoms with Crippen LogP contribution in [0.5, 0.6) is 0 Å². The van der Waals surface area contributed by atoms with E-state index in [1.165, 1.54) is 73.6 Å². The van der Waals surface area contributed by atoms with Gasteiger partial charge < -0.3 is 0 Å². The van der Waals surface area contributed by atoms with Crippen LogP contribution in [-0.2, 0) is 0 Å². The normalized spacial score (nSPS) is 29.4. The molecule has 2 fully saturated rings. The maximum atomic E-state index is 6.04. The molecular weight excluding hydrogens is 310 g/mol. The van der Waals surface area contributed by atoms with Crippen molar-refractivity contribution in [1.82, 2.24) is 0 Å². The van der Waals surface area contributed by atoms with E-state index in [4.69, 9.17) is 15.7 Å². The van der Waals surface area contributed by atoms with Gasteiger partial charge in [-0.05, 0) is 59.8 Å². The van der Waals surface area contributed by atoms with Gasteiger partial charge in [-0.2, -0.15) is 0 Å². The number of benzene rings is 2. The molecule has 0 N–H and O–H groups in total. The third kappa shape index (κ3) is 4.11. The first kappa shape index (κ1) is 18.0. The van der Waals surface area contributed by atoms with Crippen molar-refractivity contribution < 1.29 is 0 Å². The van der Waals surface area contributed by atoms with Crippen molar-refractivity contribution >= 4 is 15.7 Å². The molecule has 0 aromatic heterocycles. The van der Waals surface area contributed by atoms with Crippen LogP contribution in [0.1, 0.15) is 74.3 Å². The van der Waals surface area contributed by atoms with Crippen LogP contribution in [0.15, 0.2) is 48.5 Å². The highest BCUT2D eigenvalue weighted by molar-refractivity contribution is 6.11. The third-order valence-corrected chi connectivity index (χ3v) is 6.64. The molecule has 2 aromatic rings. The van der Waals surface area contributed by atoms with Crippen LogP contribution < -0.4 is 0 Å². The lowest BCUT2D eigenvalue weighted by Crippen LogP contribution is -2.09. The van der Waals surface area contributed by atoms with E-state index in [1.54, 1.807) is 0 Å². The highest BCUT2D eigenvalue weighted by Crippen LogP contribution is 2.39. The Morgan fingerprint density at radius 2 is 0.769 bits per heavy atom. The first-order chi connectivity index (χ1) is 12.7. The average Bonchev–Trinajstić information content (AvgIpc) is 2.70. The van der Waals surface area contributed by atoms with Crippen molar-refractivity contribution in [2.24, 2.45) is 0 Å². The van der Waals surface area contributed by atoms with Crippen LogP contribution in [0.3, 0.4) is 0 Å². The summed E-state index contributed by atoms with van der Waals surface area (Å²) in [7, 11) is 12.1. The molecule has 0 heterocycles. The van der Waals surface area contributed by atoms with Crippen molar-refractivity contribution in [2.75, 3.05) is 0 Å². The summed E-state index contributed by atoms with van der Waals surface area (Å²) in [5, 5.41) is 0. The van der Waals surface area contributed by atoms with Crippen molar-refractivity contribution in [3.8, 4) is 11.1 Å². The predicted octanol–water partition coefficient (Wildman–Crippen LogP) is 6.58. The molecule has 4 radical (unpaired) electrons. The zero-order chi connectivity index (χ0) is 17.9. The molecule has 2 saturated carbocycles. The second-order valence-electron chi connectivity index (χ2n) is 8.47. The Labute approximate surface area is 161 Å². The smallest absolute Gasteiger partial charge is 0.0699 e. The van der Waals surface area contributed by atoms with Gasteiger partial charge in [-0.1, -0.05) is 85.8 Å². The Morgan fingerprint density at radius 1 is 0.462 bits per heavy atom. The first-order valence-electron chi connectivity index (χ1n) is 10.4. The van der Waals surface area contributed by atoms with Crippen LogP contribution in [0.25, 0.3) is 11.1 Å². The maximum Gasteiger partial charge on any atom is 0.0699 e. The van der Waals surface area contributed by atoms with E-state index in [9.17, 15) is 0 Å². The Hall–Kier alpha value is -1.43. The monoisotopic (exact) mass is 338 g/mol. The van der Waals surface area contributed by atoms with Gasteiger partial charge in [-0.25, -0.2) is 0 Å². The summed E-state index contributed by atoms with van der Waals surface area (Å²) in [5.74, 6) is 2.24. The summed E-state index contributed by atoms with van der Waals surface area (Å²) in [6.45, 7) is 0. The van der Waals surface area contributed by atoms with Gasteiger partial charge in [0.1, 0.15) is 0 Å². The van der Waals surface area contributed by atoms with Crippen LogP contribution in [0, 0.1) is 0 Å². The molecule has 2 heteroatoms. The van der Waals surface area contributed by atoms with Crippen molar-refractivity contribution in [2.45, 2.75) is 74.8 Å². The average molecular weight is 338 g/mol. The SMILES string of the molecule is [B]C1CCC(c2ccc(-c3ccc(C4CCC([B])CC4)cc3)cc2)CC1. The van der Waals surface area contributed by atoms with E-state index in [1.807, 2.05) is 0 Å². The molecule has 130 valence electrons. The second kappa shape index (κ2) is 8.07. The van der Waals surface area contributed by atoms with Gasteiger partial charge in [0.2, 0.25) is 0 Å². The van der Waals surface area contributed by atoms with Crippen LogP contribution in [0.4, 0.5) is 0 Å². The van der Waals surface area contributed by atoms with E-state index in [-0.39, 0.29) is 0 Å². The Bertz CT molecular complexity index is 624. The molecule has 4 rings (SSSR count). The number of hydrogen-bond donors (Lipinski definition) is 0. The highest BCUT2D eigenvalue weighted by atomic mass is 14.2. The van der Waals surface area contributed by atoms with Crippen molar-refractivity contribution in [3.63, 3.8) is 0 Å². The summed E-state index contributed by atoms with van der Waals surface area (Å²) in [5.41, 5.74) is 5.60. The summed E-state index contributed by atoms with van der Waals surface area (Å²) in [4.78, 5) is 0. The standard InChI is InChI=1S/C24H28B2/c25-23-13-9-21(10-14-23)19-5-1-17(2-6-19)18-3-7-20(8-4-18)22-11-15-24(26)16-12-22/h1-8,21-24H,9-16H2. The van der Waals surface area contributed by atoms with E-state index >= 15 is 0 Å². The zero-order valence-corrected chi connectivity index (χ0v) is 15.7. The quantitative estimate of drug-likeness (QED) is 0.554. The van der Waals surface area contributed by atoms with Gasteiger partial charge in [-0.15, -0.1) is 0 Å². The summed E-state index contributed by atoms with van der Waals surface area (Å²) in [6.07, 6.45) is 9.61. The van der Waals surface area contributed by atoms with E-state index in [0.717, 1.165) is 0 Å². The first-order valence-corrected chi connectivity index (χ1v) is 10.4. The van der Waals surface area contributed by atoms with Crippen molar-refractivity contribution in [3.05, 3.63) is 59.7 Å². The molecular formula is C24H28B2. The molecule has 2 aliphatic carbocycles. The largest absolute Gasteiger partial charge is 0.0773 e. The van der Waals surface area contributed by atoms with Crippen LogP contribution in [-0.4, -0.2) is 15.7 Å². The summed E-state index contributed by atoms with van der Waals surface area (Å²) < 4.78 is 0. The minimum atomic E-state index is 0.420. The molecule has 2 aromatic carbocycles. The van der Waals surface area contributed by atoms with Gasteiger partial charge in [0.25, 0.3) is 0 Å². The Kier molecular flexibility index (Phi) is 5.57. The molecule has 0 spiro atoms. The van der Waals surface area contributed by atoms with Crippen LogP contribution >= 0.6 is 0 Å². The van der Waals surface area contributed by atoms with E-state index in [0.29, 0.717) is 23.5 Å². The molecule has 0 atom stereocenters. The molecule has 26 heavy (non-hydrogen) atoms. The molecule has 0 saturated heterocycles. The summed E-state index contributed by atoms with van der Waals surface area (Å²) >= 11 is 0. The van der Waals surface area contributed by atoms with E-state index in [2.05, 4.69) is 48.5 Å². The van der Waals surface area contributed by atoms with Gasteiger partial charge in [0, 0.05) is 0 Å². The molecule has 0 aliphatic heterocycles. The molecule has 0 unspecified atom stereocenters. The predicted molar refractivity (Wildman–Crippen MR) is 113 cm³/mol. The van der Waals surface area contributed by atoms with Gasteiger partial charge in [-0.3, -0.25) is 0 Å². The molecule has 2 aliphatic rings. The maximum absolute atomic E-state index is 6.04. The van der Waals surface area contributed by atoms with Gasteiger partial charge in [0.15, 0.2) is 0 Å².